The molecule has 4 heteroatoms. The van der Waals surface area contributed by atoms with Crippen molar-refractivity contribution in [3.05, 3.63) is 17.0 Å². The minimum absolute atomic E-state index is 0.413. The Balaban J connectivity index is 2.37. The Morgan fingerprint density at radius 1 is 1.44 bits per heavy atom. The summed E-state index contributed by atoms with van der Waals surface area (Å²) in [5.74, 6) is 0. The molecule has 0 bridgehead atoms. The van der Waals surface area contributed by atoms with Gasteiger partial charge in [0.25, 0.3) is 0 Å². The minimum Gasteiger partial charge on any atom is -0.329 e. The minimum atomic E-state index is 0.413. The van der Waals surface area contributed by atoms with E-state index in [2.05, 4.69) is 31.2 Å². The van der Waals surface area contributed by atoms with Gasteiger partial charge in [-0.15, -0.1) is 0 Å². The van der Waals surface area contributed by atoms with Crippen LogP contribution < -0.4 is 11.1 Å². The summed E-state index contributed by atoms with van der Waals surface area (Å²) in [6, 6.07) is 0.413. The van der Waals surface area contributed by atoms with E-state index in [0.29, 0.717) is 12.6 Å². The third kappa shape index (κ3) is 3.32. The molecule has 0 aliphatic heterocycles. The van der Waals surface area contributed by atoms with E-state index < -0.39 is 0 Å². The van der Waals surface area contributed by atoms with Gasteiger partial charge in [-0.05, 0) is 45.7 Å². The second-order valence-electron chi connectivity index (χ2n) is 4.47. The van der Waals surface area contributed by atoms with Crippen LogP contribution in [-0.2, 0) is 13.5 Å². The SMILES string of the molecule is Cc1nn(C)c(C)c1CCCN[C@H](C)CN. The molecule has 1 heterocycles. The van der Waals surface area contributed by atoms with Crippen molar-refractivity contribution >= 4 is 0 Å². The maximum atomic E-state index is 5.54. The van der Waals surface area contributed by atoms with Crippen LogP contribution in [0.25, 0.3) is 0 Å². The lowest BCUT2D eigenvalue weighted by molar-refractivity contribution is 0.543. The fourth-order valence-corrected chi connectivity index (χ4v) is 1.88. The van der Waals surface area contributed by atoms with Gasteiger partial charge in [0, 0.05) is 25.3 Å². The van der Waals surface area contributed by atoms with Crippen molar-refractivity contribution in [2.45, 2.75) is 39.7 Å². The van der Waals surface area contributed by atoms with Gasteiger partial charge in [-0.1, -0.05) is 0 Å². The molecule has 92 valence electrons. The lowest BCUT2D eigenvalue weighted by Crippen LogP contribution is -2.33. The highest BCUT2D eigenvalue weighted by molar-refractivity contribution is 5.24. The molecule has 4 nitrogen and oxygen atoms in total. The molecule has 0 saturated heterocycles. The lowest BCUT2D eigenvalue weighted by atomic mass is 10.1. The van der Waals surface area contributed by atoms with Crippen LogP contribution in [0, 0.1) is 13.8 Å². The predicted molar refractivity (Wildman–Crippen MR) is 67.5 cm³/mol. The van der Waals surface area contributed by atoms with Crippen molar-refractivity contribution in [3.63, 3.8) is 0 Å². The summed E-state index contributed by atoms with van der Waals surface area (Å²) in [7, 11) is 2.00. The molecule has 0 amide bonds. The second-order valence-corrected chi connectivity index (χ2v) is 4.47. The average molecular weight is 224 g/mol. The monoisotopic (exact) mass is 224 g/mol. The Hall–Kier alpha value is -0.870. The third-order valence-electron chi connectivity index (χ3n) is 3.11. The van der Waals surface area contributed by atoms with E-state index in [4.69, 9.17) is 5.73 Å². The van der Waals surface area contributed by atoms with E-state index in [1.807, 2.05) is 11.7 Å². The van der Waals surface area contributed by atoms with Gasteiger partial charge in [0.15, 0.2) is 0 Å². The molecule has 0 unspecified atom stereocenters. The number of nitrogens with two attached hydrogens (primary N) is 1. The Morgan fingerprint density at radius 3 is 2.62 bits per heavy atom. The van der Waals surface area contributed by atoms with Crippen molar-refractivity contribution in [2.24, 2.45) is 12.8 Å². The fraction of sp³-hybridized carbons (Fsp3) is 0.750. The Morgan fingerprint density at radius 2 is 2.12 bits per heavy atom. The van der Waals surface area contributed by atoms with Crippen LogP contribution in [0.1, 0.15) is 30.3 Å². The molecule has 0 spiro atoms. The quantitative estimate of drug-likeness (QED) is 0.706. The van der Waals surface area contributed by atoms with E-state index in [9.17, 15) is 0 Å². The van der Waals surface area contributed by atoms with E-state index in [1.54, 1.807) is 0 Å². The summed E-state index contributed by atoms with van der Waals surface area (Å²) < 4.78 is 1.96. The van der Waals surface area contributed by atoms with Crippen LogP contribution >= 0.6 is 0 Å². The first-order valence-corrected chi connectivity index (χ1v) is 5.98. The van der Waals surface area contributed by atoms with Crippen molar-refractivity contribution in [1.82, 2.24) is 15.1 Å². The third-order valence-corrected chi connectivity index (χ3v) is 3.11. The molecular formula is C12H24N4. The van der Waals surface area contributed by atoms with Gasteiger partial charge in [-0.25, -0.2) is 0 Å². The normalized spacial score (nSPS) is 13.1. The Labute approximate surface area is 98.2 Å². The van der Waals surface area contributed by atoms with Crippen LogP contribution in [0.2, 0.25) is 0 Å². The molecule has 1 atom stereocenters. The molecule has 0 fully saturated rings. The number of hydrogen-bond donors (Lipinski definition) is 2. The van der Waals surface area contributed by atoms with Gasteiger partial charge >= 0.3 is 0 Å². The van der Waals surface area contributed by atoms with E-state index in [-0.39, 0.29) is 0 Å². The predicted octanol–water partition coefficient (Wildman–Crippen LogP) is 0.906. The number of aryl methyl sites for hydroxylation is 2. The smallest absolute Gasteiger partial charge is 0.0628 e. The summed E-state index contributed by atoms with van der Waals surface area (Å²) in [5, 5.41) is 7.81. The van der Waals surface area contributed by atoms with Crippen molar-refractivity contribution in [2.75, 3.05) is 13.1 Å². The summed E-state index contributed by atoms with van der Waals surface area (Å²) in [5.41, 5.74) is 9.38. The first kappa shape index (κ1) is 13.2. The lowest BCUT2D eigenvalue weighted by Gasteiger charge is -2.10. The van der Waals surface area contributed by atoms with E-state index in [1.165, 1.54) is 11.3 Å². The highest BCUT2D eigenvalue weighted by Gasteiger charge is 2.08. The molecule has 1 aromatic heterocycles. The number of nitrogens with zero attached hydrogens (tertiary/aromatic N) is 2. The molecule has 3 N–H and O–H groups in total. The van der Waals surface area contributed by atoms with E-state index >= 15 is 0 Å². The van der Waals surface area contributed by atoms with Gasteiger partial charge < -0.3 is 11.1 Å². The van der Waals surface area contributed by atoms with Crippen molar-refractivity contribution in [1.29, 1.82) is 0 Å². The van der Waals surface area contributed by atoms with Crippen LogP contribution in [0.4, 0.5) is 0 Å². The van der Waals surface area contributed by atoms with Crippen LogP contribution in [0.5, 0.6) is 0 Å². The van der Waals surface area contributed by atoms with Crippen molar-refractivity contribution in [3.8, 4) is 0 Å². The maximum absolute atomic E-state index is 5.54. The second kappa shape index (κ2) is 6.01. The fourth-order valence-electron chi connectivity index (χ4n) is 1.88. The van der Waals surface area contributed by atoms with Gasteiger partial charge in [0.2, 0.25) is 0 Å². The Kier molecular flexibility index (Phi) is 4.96. The maximum Gasteiger partial charge on any atom is 0.0628 e. The number of hydrogen-bond acceptors (Lipinski definition) is 3. The largest absolute Gasteiger partial charge is 0.329 e. The zero-order chi connectivity index (χ0) is 12.1. The Bertz CT molecular complexity index is 330. The molecule has 1 rings (SSSR count). The van der Waals surface area contributed by atoms with Crippen LogP contribution in [-0.4, -0.2) is 28.9 Å². The summed E-state index contributed by atoms with van der Waals surface area (Å²) in [6.45, 7) is 8.04. The molecular weight excluding hydrogens is 200 g/mol. The number of nitrogens with one attached hydrogen (secondary N) is 1. The molecule has 16 heavy (non-hydrogen) atoms. The van der Waals surface area contributed by atoms with Gasteiger partial charge in [-0.3, -0.25) is 4.68 Å². The highest BCUT2D eigenvalue weighted by Crippen LogP contribution is 2.13. The zero-order valence-corrected chi connectivity index (χ0v) is 10.9. The summed E-state index contributed by atoms with van der Waals surface area (Å²) in [6.07, 6.45) is 2.23. The van der Waals surface area contributed by atoms with Crippen LogP contribution in [0.15, 0.2) is 0 Å². The molecule has 1 aromatic rings. The standard InChI is InChI=1S/C12H24N4/c1-9(8-13)14-7-5-6-12-10(2)15-16(4)11(12)3/h9,14H,5-8,13H2,1-4H3/t9-/m1/s1. The highest BCUT2D eigenvalue weighted by atomic mass is 15.3. The first-order chi connectivity index (χ1) is 7.56. The van der Waals surface area contributed by atoms with Crippen molar-refractivity contribution < 1.29 is 0 Å². The van der Waals surface area contributed by atoms with Gasteiger partial charge in [0.1, 0.15) is 0 Å². The average Bonchev–Trinajstić information content (AvgIpc) is 2.49. The summed E-state index contributed by atoms with van der Waals surface area (Å²) in [4.78, 5) is 0. The molecule has 0 aromatic carbocycles. The van der Waals surface area contributed by atoms with Gasteiger partial charge in [-0.2, -0.15) is 5.10 Å². The number of aromatic nitrogens is 2. The zero-order valence-electron chi connectivity index (χ0n) is 10.9. The van der Waals surface area contributed by atoms with Gasteiger partial charge in [0.05, 0.1) is 5.69 Å². The molecule has 0 aliphatic carbocycles. The molecule has 0 aliphatic rings. The first-order valence-electron chi connectivity index (χ1n) is 5.98. The number of rotatable bonds is 6. The van der Waals surface area contributed by atoms with Crippen LogP contribution in [0.3, 0.4) is 0 Å². The molecule has 0 saturated carbocycles. The topological polar surface area (TPSA) is 55.9 Å². The molecule has 0 radical (unpaired) electrons. The summed E-state index contributed by atoms with van der Waals surface area (Å²) >= 11 is 0. The van der Waals surface area contributed by atoms with E-state index in [0.717, 1.165) is 25.1 Å².